The third-order valence-corrected chi connectivity index (χ3v) is 5.37. The molecule has 2 atom stereocenters. The Morgan fingerprint density at radius 1 is 1.18 bits per heavy atom. The lowest BCUT2D eigenvalue weighted by Gasteiger charge is -2.21. The van der Waals surface area contributed by atoms with Gasteiger partial charge in [-0.1, -0.05) is 36.8 Å². The van der Waals surface area contributed by atoms with Gasteiger partial charge in [0.05, 0.1) is 12.0 Å². The van der Waals surface area contributed by atoms with Gasteiger partial charge in [-0.2, -0.15) is 0 Å². The van der Waals surface area contributed by atoms with Crippen LogP contribution in [0.15, 0.2) is 42.5 Å². The van der Waals surface area contributed by atoms with Crippen molar-refractivity contribution in [1.29, 1.82) is 0 Å². The molecule has 2 aliphatic heterocycles. The van der Waals surface area contributed by atoms with Gasteiger partial charge in [-0.15, -0.1) is 0 Å². The zero-order valence-corrected chi connectivity index (χ0v) is 16.1. The standard InChI is InChI=1S/C22H24N2O4/c1-3-18(15-6-4-14(2)5-7-15)23-22(26)16-10-21(25)24(12-16)17-8-9-19-20(11-17)28-13-27-19/h4-9,11,16,18H,3,10,12-13H2,1-2H3,(H,23,26). The summed E-state index contributed by atoms with van der Waals surface area (Å²) >= 11 is 0. The predicted molar refractivity (Wildman–Crippen MR) is 105 cm³/mol. The lowest BCUT2D eigenvalue weighted by atomic mass is 10.0. The van der Waals surface area contributed by atoms with E-state index in [0.29, 0.717) is 18.0 Å². The van der Waals surface area contributed by atoms with Crippen LogP contribution in [0, 0.1) is 12.8 Å². The zero-order chi connectivity index (χ0) is 19.7. The van der Waals surface area contributed by atoms with Gasteiger partial charge in [-0.05, 0) is 31.0 Å². The first kappa shape index (κ1) is 18.3. The first-order valence-corrected chi connectivity index (χ1v) is 9.62. The summed E-state index contributed by atoms with van der Waals surface area (Å²) in [6.07, 6.45) is 1.01. The van der Waals surface area contributed by atoms with Crippen LogP contribution in [0.25, 0.3) is 0 Å². The van der Waals surface area contributed by atoms with Gasteiger partial charge in [0.15, 0.2) is 11.5 Å². The van der Waals surface area contributed by atoms with Crippen LogP contribution >= 0.6 is 0 Å². The molecular weight excluding hydrogens is 356 g/mol. The summed E-state index contributed by atoms with van der Waals surface area (Å²) in [7, 11) is 0. The minimum atomic E-state index is -0.363. The highest BCUT2D eigenvalue weighted by molar-refractivity contribution is 6.00. The second kappa shape index (κ2) is 7.54. The molecule has 146 valence electrons. The van der Waals surface area contributed by atoms with Crippen LogP contribution < -0.4 is 19.7 Å². The van der Waals surface area contributed by atoms with Gasteiger partial charge in [0, 0.05) is 24.7 Å². The third kappa shape index (κ3) is 3.54. The fourth-order valence-corrected chi connectivity index (χ4v) is 3.70. The molecule has 1 fully saturated rings. The van der Waals surface area contributed by atoms with Gasteiger partial charge in [-0.25, -0.2) is 0 Å². The molecule has 6 nitrogen and oxygen atoms in total. The Balaban J connectivity index is 1.44. The van der Waals surface area contributed by atoms with Crippen LogP contribution in [-0.4, -0.2) is 25.2 Å². The molecule has 2 aromatic rings. The number of carbonyl (C=O) groups excluding carboxylic acids is 2. The zero-order valence-electron chi connectivity index (χ0n) is 16.1. The van der Waals surface area contributed by atoms with Crippen molar-refractivity contribution < 1.29 is 19.1 Å². The molecule has 2 aliphatic rings. The van der Waals surface area contributed by atoms with Crippen LogP contribution in [0.3, 0.4) is 0 Å². The van der Waals surface area contributed by atoms with Crippen LogP contribution in [0.4, 0.5) is 5.69 Å². The predicted octanol–water partition coefficient (Wildman–Crippen LogP) is 3.34. The second-order valence-electron chi connectivity index (χ2n) is 7.32. The SMILES string of the molecule is CCC(NC(=O)C1CC(=O)N(c2ccc3c(c2)OCO3)C1)c1ccc(C)cc1. The Kier molecular flexibility index (Phi) is 4.94. The van der Waals surface area contributed by atoms with E-state index in [-0.39, 0.29) is 37.0 Å². The van der Waals surface area contributed by atoms with Crippen LogP contribution in [0.2, 0.25) is 0 Å². The first-order chi connectivity index (χ1) is 13.5. The van der Waals surface area contributed by atoms with Gasteiger partial charge >= 0.3 is 0 Å². The molecule has 1 N–H and O–H groups in total. The van der Waals surface area contributed by atoms with Crippen molar-refractivity contribution in [2.24, 2.45) is 5.92 Å². The average molecular weight is 380 g/mol. The van der Waals surface area contributed by atoms with Crippen LogP contribution in [0.5, 0.6) is 11.5 Å². The van der Waals surface area contributed by atoms with Crippen molar-refractivity contribution >= 4 is 17.5 Å². The van der Waals surface area contributed by atoms with Crippen LogP contribution in [-0.2, 0) is 9.59 Å². The molecule has 1 saturated heterocycles. The van der Waals surface area contributed by atoms with Gasteiger partial charge in [-0.3, -0.25) is 9.59 Å². The minimum Gasteiger partial charge on any atom is -0.454 e. The molecular formula is C22H24N2O4. The molecule has 0 spiro atoms. The van der Waals surface area contributed by atoms with E-state index >= 15 is 0 Å². The number of nitrogens with one attached hydrogen (secondary N) is 1. The summed E-state index contributed by atoms with van der Waals surface area (Å²) in [5.74, 6) is 0.807. The summed E-state index contributed by atoms with van der Waals surface area (Å²) in [5, 5.41) is 3.12. The molecule has 6 heteroatoms. The molecule has 28 heavy (non-hydrogen) atoms. The lowest BCUT2D eigenvalue weighted by Crippen LogP contribution is -2.35. The topological polar surface area (TPSA) is 67.9 Å². The number of aryl methyl sites for hydroxylation is 1. The Morgan fingerprint density at radius 2 is 1.93 bits per heavy atom. The van der Waals surface area contributed by atoms with Crippen molar-refractivity contribution in [3.8, 4) is 11.5 Å². The number of hydrogen-bond acceptors (Lipinski definition) is 4. The Bertz CT molecular complexity index is 894. The number of benzene rings is 2. The molecule has 2 aromatic carbocycles. The van der Waals surface area contributed by atoms with Gasteiger partial charge in [0.1, 0.15) is 0 Å². The quantitative estimate of drug-likeness (QED) is 0.864. The Labute approximate surface area is 164 Å². The highest BCUT2D eigenvalue weighted by atomic mass is 16.7. The lowest BCUT2D eigenvalue weighted by molar-refractivity contribution is -0.127. The second-order valence-corrected chi connectivity index (χ2v) is 7.32. The number of hydrogen-bond donors (Lipinski definition) is 1. The summed E-state index contributed by atoms with van der Waals surface area (Å²) in [6, 6.07) is 13.5. The number of ether oxygens (including phenoxy) is 2. The van der Waals surface area contributed by atoms with E-state index in [4.69, 9.17) is 9.47 Å². The van der Waals surface area contributed by atoms with Crippen LogP contribution in [0.1, 0.15) is 36.9 Å². The molecule has 0 bridgehead atoms. The minimum absolute atomic E-state index is 0.0530. The highest BCUT2D eigenvalue weighted by Gasteiger charge is 2.36. The van der Waals surface area contributed by atoms with Crippen molar-refractivity contribution in [2.75, 3.05) is 18.2 Å². The number of amides is 2. The van der Waals surface area contributed by atoms with Crippen molar-refractivity contribution in [3.05, 3.63) is 53.6 Å². The number of rotatable bonds is 5. The first-order valence-electron chi connectivity index (χ1n) is 9.62. The smallest absolute Gasteiger partial charge is 0.231 e. The van der Waals surface area contributed by atoms with E-state index in [1.165, 1.54) is 5.56 Å². The number of anilines is 1. The fraction of sp³-hybridized carbons (Fsp3) is 0.364. The van der Waals surface area contributed by atoms with E-state index in [0.717, 1.165) is 17.7 Å². The molecule has 2 heterocycles. The van der Waals surface area contributed by atoms with Crippen molar-refractivity contribution in [3.63, 3.8) is 0 Å². The summed E-state index contributed by atoms with van der Waals surface area (Å²) in [4.78, 5) is 27.0. The van der Waals surface area contributed by atoms with Crippen molar-refractivity contribution in [2.45, 2.75) is 32.7 Å². The Morgan fingerprint density at radius 3 is 2.68 bits per heavy atom. The molecule has 0 saturated carbocycles. The number of fused-ring (bicyclic) bond motifs is 1. The molecule has 0 aromatic heterocycles. The van der Waals surface area contributed by atoms with Gasteiger partial charge in [0.2, 0.25) is 18.6 Å². The van der Waals surface area contributed by atoms with E-state index < -0.39 is 0 Å². The summed E-state index contributed by atoms with van der Waals surface area (Å²) in [5.41, 5.74) is 3.00. The van der Waals surface area contributed by atoms with E-state index in [2.05, 4.69) is 5.32 Å². The fourth-order valence-electron chi connectivity index (χ4n) is 3.70. The summed E-state index contributed by atoms with van der Waals surface area (Å²) in [6.45, 7) is 4.64. The maximum Gasteiger partial charge on any atom is 0.231 e. The largest absolute Gasteiger partial charge is 0.454 e. The average Bonchev–Trinajstić information content (AvgIpc) is 3.32. The van der Waals surface area contributed by atoms with Gasteiger partial charge in [0.25, 0.3) is 0 Å². The van der Waals surface area contributed by atoms with E-state index in [9.17, 15) is 9.59 Å². The Hall–Kier alpha value is -3.02. The molecule has 4 rings (SSSR count). The molecule has 0 aliphatic carbocycles. The molecule has 2 amide bonds. The number of nitrogens with zero attached hydrogens (tertiary/aromatic N) is 1. The molecule has 2 unspecified atom stereocenters. The van der Waals surface area contributed by atoms with E-state index in [1.807, 2.05) is 44.2 Å². The van der Waals surface area contributed by atoms with Gasteiger partial charge < -0.3 is 19.7 Å². The van der Waals surface area contributed by atoms with E-state index in [1.54, 1.807) is 17.0 Å². The third-order valence-electron chi connectivity index (χ3n) is 5.37. The highest BCUT2D eigenvalue weighted by Crippen LogP contribution is 2.37. The monoisotopic (exact) mass is 380 g/mol. The normalized spacial score (nSPS) is 19.0. The number of carbonyl (C=O) groups is 2. The maximum absolute atomic E-state index is 12.8. The maximum atomic E-state index is 12.8. The molecule has 0 radical (unpaired) electrons. The summed E-state index contributed by atoms with van der Waals surface area (Å²) < 4.78 is 10.7. The van der Waals surface area contributed by atoms with Crippen molar-refractivity contribution in [1.82, 2.24) is 5.32 Å².